The van der Waals surface area contributed by atoms with E-state index in [1.165, 1.54) is 28.6 Å². The van der Waals surface area contributed by atoms with Crippen LogP contribution in [0.15, 0.2) is 47.4 Å². The summed E-state index contributed by atoms with van der Waals surface area (Å²) in [5, 5.41) is 0.859. The summed E-state index contributed by atoms with van der Waals surface area (Å²) < 4.78 is 45.1. The van der Waals surface area contributed by atoms with Gasteiger partial charge in [0.25, 0.3) is 0 Å². The van der Waals surface area contributed by atoms with Crippen LogP contribution in [0.25, 0.3) is 10.2 Å². The molecule has 1 aromatic heterocycles. The molecule has 5 rings (SSSR count). The number of esters is 1. The van der Waals surface area contributed by atoms with Crippen molar-refractivity contribution in [2.75, 3.05) is 38.2 Å². The quantitative estimate of drug-likeness (QED) is 0.460. The number of para-hydroxylation sites is 1. The SMILES string of the molecule is COc1cccc2sc(N3CC(OC(=O)c4ccc(S(=O)(=O)N5CC(C)OC(C)C5)cc4)C3)nc12. The molecule has 0 bridgehead atoms. The maximum absolute atomic E-state index is 13.0. The van der Waals surface area contributed by atoms with E-state index in [2.05, 4.69) is 9.88 Å². The Morgan fingerprint density at radius 1 is 1.06 bits per heavy atom. The molecule has 3 heterocycles. The predicted octanol–water partition coefficient (Wildman–Crippen LogP) is 3.15. The van der Waals surface area contributed by atoms with E-state index in [-0.39, 0.29) is 23.2 Å². The standard InChI is InChI=1S/C24H27N3O6S2/c1-15-11-27(12-16(2)32-15)35(29,30)19-9-7-17(8-10-19)23(28)33-18-13-26(14-18)24-25-22-20(31-3)5-4-6-21(22)34-24/h4-10,15-16,18H,11-14H2,1-3H3. The van der Waals surface area contributed by atoms with Crippen molar-refractivity contribution in [3.8, 4) is 5.75 Å². The number of thiazole rings is 1. The number of aromatic nitrogens is 1. The third kappa shape index (κ3) is 4.73. The summed E-state index contributed by atoms with van der Waals surface area (Å²) in [6, 6.07) is 11.7. The number of anilines is 1. The Kier molecular flexibility index (Phi) is 6.43. The van der Waals surface area contributed by atoms with Gasteiger partial charge in [-0.3, -0.25) is 0 Å². The second-order valence-corrected chi connectivity index (χ2v) is 11.8. The van der Waals surface area contributed by atoms with Crippen molar-refractivity contribution in [2.45, 2.75) is 37.1 Å². The highest BCUT2D eigenvalue weighted by molar-refractivity contribution is 7.89. The van der Waals surface area contributed by atoms with Crippen LogP contribution in [-0.4, -0.2) is 75.3 Å². The first-order chi connectivity index (χ1) is 16.7. The van der Waals surface area contributed by atoms with Gasteiger partial charge in [-0.15, -0.1) is 0 Å². The van der Waals surface area contributed by atoms with Crippen LogP contribution >= 0.6 is 11.3 Å². The highest BCUT2D eigenvalue weighted by atomic mass is 32.2. The first-order valence-corrected chi connectivity index (χ1v) is 13.7. The van der Waals surface area contributed by atoms with Gasteiger partial charge < -0.3 is 19.1 Å². The van der Waals surface area contributed by atoms with Gasteiger partial charge in [0.1, 0.15) is 17.4 Å². The summed E-state index contributed by atoms with van der Waals surface area (Å²) in [5.74, 6) is 0.259. The van der Waals surface area contributed by atoms with E-state index in [0.717, 1.165) is 21.1 Å². The molecule has 9 nitrogen and oxygen atoms in total. The van der Waals surface area contributed by atoms with Crippen LogP contribution in [0.5, 0.6) is 5.75 Å². The first kappa shape index (κ1) is 24.0. The molecule has 2 aromatic carbocycles. The van der Waals surface area contributed by atoms with E-state index in [1.807, 2.05) is 32.0 Å². The molecule has 186 valence electrons. The van der Waals surface area contributed by atoms with Gasteiger partial charge in [-0.25, -0.2) is 18.2 Å². The number of hydrogen-bond donors (Lipinski definition) is 0. The normalized spacial score (nSPS) is 21.6. The molecule has 0 spiro atoms. The van der Waals surface area contributed by atoms with E-state index in [9.17, 15) is 13.2 Å². The fourth-order valence-corrected chi connectivity index (χ4v) is 6.93. The van der Waals surface area contributed by atoms with E-state index in [4.69, 9.17) is 14.2 Å². The van der Waals surface area contributed by atoms with Gasteiger partial charge in [0.15, 0.2) is 5.13 Å². The summed E-state index contributed by atoms with van der Waals surface area (Å²) in [5.41, 5.74) is 1.14. The summed E-state index contributed by atoms with van der Waals surface area (Å²) >= 11 is 1.57. The largest absolute Gasteiger partial charge is 0.494 e. The van der Waals surface area contributed by atoms with Crippen LogP contribution in [0, 0.1) is 0 Å². The van der Waals surface area contributed by atoms with Gasteiger partial charge in [-0.1, -0.05) is 17.4 Å². The van der Waals surface area contributed by atoms with E-state index in [0.29, 0.717) is 31.7 Å². The Morgan fingerprint density at radius 2 is 1.74 bits per heavy atom. The summed E-state index contributed by atoms with van der Waals surface area (Å²) in [6.07, 6.45) is -0.597. The Labute approximate surface area is 208 Å². The molecule has 0 radical (unpaired) electrons. The van der Waals surface area contributed by atoms with Crippen molar-refractivity contribution in [3.63, 3.8) is 0 Å². The lowest BCUT2D eigenvalue weighted by Crippen LogP contribution is -2.53. The lowest BCUT2D eigenvalue weighted by molar-refractivity contribution is -0.0440. The lowest BCUT2D eigenvalue weighted by atomic mass is 10.2. The Hall–Kier alpha value is -2.73. The molecule has 2 atom stereocenters. The smallest absolute Gasteiger partial charge is 0.338 e. The summed E-state index contributed by atoms with van der Waals surface area (Å²) in [7, 11) is -2.04. The van der Waals surface area contributed by atoms with Crippen LogP contribution in [0.4, 0.5) is 5.13 Å². The van der Waals surface area contributed by atoms with E-state index in [1.54, 1.807) is 18.4 Å². The average Bonchev–Trinajstić information content (AvgIpc) is 3.24. The second-order valence-electron chi connectivity index (χ2n) is 8.84. The van der Waals surface area contributed by atoms with Gasteiger partial charge in [0.2, 0.25) is 10.0 Å². The van der Waals surface area contributed by atoms with Crippen molar-refractivity contribution in [3.05, 3.63) is 48.0 Å². The minimum Gasteiger partial charge on any atom is -0.494 e. The van der Waals surface area contributed by atoms with Gasteiger partial charge in [0, 0.05) is 13.1 Å². The number of carbonyl (C=O) groups is 1. The minimum absolute atomic E-state index is 0.149. The number of morpholine rings is 1. The van der Waals surface area contributed by atoms with Gasteiger partial charge >= 0.3 is 5.97 Å². The predicted molar refractivity (Wildman–Crippen MR) is 133 cm³/mol. The van der Waals surface area contributed by atoms with Crippen molar-refractivity contribution in [2.24, 2.45) is 0 Å². The Bertz CT molecular complexity index is 1330. The highest BCUT2D eigenvalue weighted by Gasteiger charge is 2.34. The zero-order valence-electron chi connectivity index (χ0n) is 19.7. The van der Waals surface area contributed by atoms with Crippen molar-refractivity contribution >= 4 is 42.7 Å². The maximum Gasteiger partial charge on any atom is 0.338 e. The number of sulfonamides is 1. The fraction of sp³-hybridized carbons (Fsp3) is 0.417. The minimum atomic E-state index is -3.66. The van der Waals surface area contributed by atoms with Crippen molar-refractivity contribution in [1.29, 1.82) is 0 Å². The summed E-state index contributed by atoms with van der Waals surface area (Å²) in [6.45, 7) is 5.41. The van der Waals surface area contributed by atoms with E-state index < -0.39 is 16.0 Å². The number of rotatable bonds is 6. The fourth-order valence-electron chi connectivity index (χ4n) is 4.34. The van der Waals surface area contributed by atoms with Crippen LogP contribution in [-0.2, 0) is 19.5 Å². The summed E-state index contributed by atoms with van der Waals surface area (Å²) in [4.78, 5) is 19.5. The molecular formula is C24H27N3O6S2. The monoisotopic (exact) mass is 517 g/mol. The molecule has 0 aliphatic carbocycles. The Balaban J connectivity index is 1.19. The number of methoxy groups -OCH3 is 1. The molecule has 0 N–H and O–H groups in total. The molecule has 0 saturated carbocycles. The zero-order valence-corrected chi connectivity index (χ0v) is 21.3. The molecule has 2 aliphatic heterocycles. The Morgan fingerprint density at radius 3 is 2.40 bits per heavy atom. The maximum atomic E-state index is 13.0. The van der Waals surface area contributed by atoms with Crippen LogP contribution in [0.1, 0.15) is 24.2 Å². The third-order valence-corrected chi connectivity index (χ3v) is 9.02. The molecular weight excluding hydrogens is 490 g/mol. The zero-order chi connectivity index (χ0) is 24.7. The second kappa shape index (κ2) is 9.38. The van der Waals surface area contributed by atoms with Crippen LogP contribution < -0.4 is 9.64 Å². The molecule has 11 heteroatoms. The van der Waals surface area contributed by atoms with Crippen LogP contribution in [0.3, 0.4) is 0 Å². The molecule has 3 aromatic rings. The molecule has 2 fully saturated rings. The molecule has 35 heavy (non-hydrogen) atoms. The number of fused-ring (bicyclic) bond motifs is 1. The molecule has 2 saturated heterocycles. The molecule has 2 aliphatic rings. The number of ether oxygens (including phenoxy) is 3. The number of nitrogens with zero attached hydrogens (tertiary/aromatic N) is 3. The lowest BCUT2D eigenvalue weighted by Gasteiger charge is -2.38. The first-order valence-electron chi connectivity index (χ1n) is 11.4. The van der Waals surface area contributed by atoms with Gasteiger partial charge in [-0.2, -0.15) is 4.31 Å². The topological polar surface area (TPSA) is 98.3 Å². The van der Waals surface area contributed by atoms with Crippen LogP contribution in [0.2, 0.25) is 0 Å². The number of benzene rings is 2. The highest BCUT2D eigenvalue weighted by Crippen LogP contribution is 2.36. The van der Waals surface area contributed by atoms with Crippen molar-refractivity contribution < 1.29 is 27.4 Å². The van der Waals surface area contributed by atoms with Gasteiger partial charge in [-0.05, 0) is 50.2 Å². The number of carbonyl (C=O) groups excluding carboxylic acids is 1. The molecule has 2 unspecified atom stereocenters. The van der Waals surface area contributed by atoms with Crippen molar-refractivity contribution in [1.82, 2.24) is 9.29 Å². The average molecular weight is 518 g/mol. The third-order valence-electron chi connectivity index (χ3n) is 6.10. The number of hydrogen-bond acceptors (Lipinski definition) is 9. The van der Waals surface area contributed by atoms with E-state index >= 15 is 0 Å². The van der Waals surface area contributed by atoms with Gasteiger partial charge in [0.05, 0.1) is 47.6 Å². The molecule has 0 amide bonds.